The van der Waals surface area contributed by atoms with Crippen LogP contribution in [0.3, 0.4) is 0 Å². The summed E-state index contributed by atoms with van der Waals surface area (Å²) in [4.78, 5) is 0. The van der Waals surface area contributed by atoms with Gasteiger partial charge in [0.05, 0.1) is 0 Å². The summed E-state index contributed by atoms with van der Waals surface area (Å²) < 4.78 is 6.43. The number of nitrogens with one attached hydrogen (secondary N) is 1. The van der Waals surface area contributed by atoms with Gasteiger partial charge in [0.15, 0.2) is 0 Å². The third-order valence-corrected chi connectivity index (χ3v) is 4.61. The van der Waals surface area contributed by atoms with Crippen LogP contribution in [-0.2, 0) is 0 Å². The average Bonchev–Trinajstić information content (AvgIpc) is 2.75. The van der Waals surface area contributed by atoms with Gasteiger partial charge in [-0.05, 0) is 63.8 Å². The number of hydrogen-bond donors (Lipinski definition) is 1. The van der Waals surface area contributed by atoms with Gasteiger partial charge in [0.1, 0.15) is 11.4 Å². The van der Waals surface area contributed by atoms with Crippen molar-refractivity contribution in [1.29, 1.82) is 0 Å². The van der Waals surface area contributed by atoms with Crippen molar-refractivity contribution < 1.29 is 4.74 Å². The van der Waals surface area contributed by atoms with Crippen LogP contribution in [0.4, 0.5) is 0 Å². The second-order valence-corrected chi connectivity index (χ2v) is 6.03. The molecule has 1 N–H and O–H groups in total. The molecule has 1 saturated carbocycles. The predicted octanol–water partition coefficient (Wildman–Crippen LogP) is 3.66. The van der Waals surface area contributed by atoms with E-state index in [4.69, 9.17) is 4.74 Å². The molecular formula is C16H23NO. The van der Waals surface area contributed by atoms with Gasteiger partial charge in [0.25, 0.3) is 0 Å². The Balaban J connectivity index is 2.06. The Morgan fingerprint density at radius 3 is 2.61 bits per heavy atom. The zero-order valence-corrected chi connectivity index (χ0v) is 11.7. The number of hydrogen-bond acceptors (Lipinski definition) is 2. The number of rotatable bonds is 1. The average molecular weight is 245 g/mol. The van der Waals surface area contributed by atoms with E-state index in [1.165, 1.54) is 42.4 Å². The molecule has 0 aromatic heterocycles. The second kappa shape index (κ2) is 4.27. The molecule has 1 aromatic carbocycles. The topological polar surface area (TPSA) is 21.3 Å². The van der Waals surface area contributed by atoms with E-state index < -0.39 is 0 Å². The van der Waals surface area contributed by atoms with Gasteiger partial charge in [-0.2, -0.15) is 0 Å². The minimum Gasteiger partial charge on any atom is -0.487 e. The highest BCUT2D eigenvalue weighted by Gasteiger charge is 2.43. The summed E-state index contributed by atoms with van der Waals surface area (Å²) in [7, 11) is 2.07. The summed E-state index contributed by atoms with van der Waals surface area (Å²) in [6, 6.07) is 4.93. The van der Waals surface area contributed by atoms with Crippen LogP contribution in [0.15, 0.2) is 12.1 Å². The van der Waals surface area contributed by atoms with Crippen molar-refractivity contribution in [2.24, 2.45) is 0 Å². The molecule has 2 aliphatic rings. The third-order valence-electron chi connectivity index (χ3n) is 4.61. The van der Waals surface area contributed by atoms with Crippen molar-refractivity contribution in [3.05, 3.63) is 28.8 Å². The zero-order chi connectivity index (χ0) is 12.8. The minimum absolute atomic E-state index is 0.112. The molecule has 0 radical (unpaired) electrons. The monoisotopic (exact) mass is 245 g/mol. The van der Waals surface area contributed by atoms with Crippen molar-refractivity contribution in [3.8, 4) is 5.75 Å². The molecule has 0 bridgehead atoms. The van der Waals surface area contributed by atoms with E-state index in [0.29, 0.717) is 6.04 Å². The third kappa shape index (κ3) is 1.83. The summed E-state index contributed by atoms with van der Waals surface area (Å²) >= 11 is 0. The molecule has 1 aliphatic heterocycles. The Kier molecular flexibility index (Phi) is 2.86. The Bertz CT molecular complexity index is 460. The summed E-state index contributed by atoms with van der Waals surface area (Å²) in [5, 5.41) is 3.49. The molecule has 1 aliphatic carbocycles. The lowest BCUT2D eigenvalue weighted by Gasteiger charge is -2.41. The van der Waals surface area contributed by atoms with E-state index in [1.807, 2.05) is 0 Å². The van der Waals surface area contributed by atoms with Gasteiger partial charge in [0.2, 0.25) is 0 Å². The lowest BCUT2D eigenvalue weighted by Crippen LogP contribution is -2.41. The van der Waals surface area contributed by atoms with E-state index in [9.17, 15) is 0 Å². The van der Waals surface area contributed by atoms with Crippen molar-refractivity contribution in [1.82, 2.24) is 5.32 Å². The fourth-order valence-corrected chi connectivity index (χ4v) is 3.79. The molecule has 1 atom stereocenters. The first-order chi connectivity index (χ1) is 8.63. The highest BCUT2D eigenvalue weighted by Crippen LogP contribution is 2.48. The van der Waals surface area contributed by atoms with Crippen LogP contribution in [-0.4, -0.2) is 12.6 Å². The van der Waals surface area contributed by atoms with E-state index in [1.54, 1.807) is 0 Å². The molecule has 1 fully saturated rings. The first-order valence-corrected chi connectivity index (χ1v) is 7.11. The molecule has 18 heavy (non-hydrogen) atoms. The fourth-order valence-electron chi connectivity index (χ4n) is 3.79. The largest absolute Gasteiger partial charge is 0.487 e. The van der Waals surface area contributed by atoms with E-state index in [2.05, 4.69) is 38.3 Å². The fraction of sp³-hybridized carbons (Fsp3) is 0.625. The van der Waals surface area contributed by atoms with Gasteiger partial charge >= 0.3 is 0 Å². The predicted molar refractivity (Wildman–Crippen MR) is 74.2 cm³/mol. The first-order valence-electron chi connectivity index (χ1n) is 7.11. The van der Waals surface area contributed by atoms with Gasteiger partial charge in [-0.3, -0.25) is 0 Å². The smallest absolute Gasteiger partial charge is 0.125 e. The second-order valence-electron chi connectivity index (χ2n) is 6.03. The molecule has 1 heterocycles. The molecule has 2 nitrogen and oxygen atoms in total. The highest BCUT2D eigenvalue weighted by atomic mass is 16.5. The van der Waals surface area contributed by atoms with E-state index >= 15 is 0 Å². The molecule has 0 amide bonds. The molecule has 2 heteroatoms. The van der Waals surface area contributed by atoms with Crippen molar-refractivity contribution >= 4 is 0 Å². The maximum absolute atomic E-state index is 6.43. The number of fused-ring (bicyclic) bond motifs is 1. The number of benzene rings is 1. The van der Waals surface area contributed by atoms with Crippen LogP contribution in [0.1, 0.15) is 54.8 Å². The number of ether oxygens (including phenoxy) is 1. The molecule has 1 spiro atoms. The normalized spacial score (nSPS) is 24.9. The summed E-state index contributed by atoms with van der Waals surface area (Å²) in [5.74, 6) is 1.12. The van der Waals surface area contributed by atoms with Crippen LogP contribution in [0.2, 0.25) is 0 Å². The Morgan fingerprint density at radius 1 is 1.22 bits per heavy atom. The molecule has 1 aromatic rings. The quantitative estimate of drug-likeness (QED) is 0.815. The van der Waals surface area contributed by atoms with Crippen molar-refractivity contribution in [3.63, 3.8) is 0 Å². The SMILES string of the molecule is CNC1CC2(CCCC2)Oc2cc(C)cc(C)c21. The van der Waals surface area contributed by atoms with Crippen LogP contribution >= 0.6 is 0 Å². The molecular weight excluding hydrogens is 222 g/mol. The highest BCUT2D eigenvalue weighted by molar-refractivity contribution is 5.47. The Hall–Kier alpha value is -1.02. The van der Waals surface area contributed by atoms with Gasteiger partial charge in [-0.1, -0.05) is 6.07 Å². The minimum atomic E-state index is 0.112. The maximum Gasteiger partial charge on any atom is 0.125 e. The standard InChI is InChI=1S/C16H23NO/c1-11-8-12(2)15-13(17-3)10-16(6-4-5-7-16)18-14(15)9-11/h8-9,13,17H,4-7,10H2,1-3H3. The molecule has 0 saturated heterocycles. The van der Waals surface area contributed by atoms with E-state index in [-0.39, 0.29) is 5.60 Å². The summed E-state index contributed by atoms with van der Waals surface area (Å²) in [5.41, 5.74) is 4.15. The zero-order valence-electron chi connectivity index (χ0n) is 11.7. The summed E-state index contributed by atoms with van der Waals surface area (Å²) in [6.45, 7) is 4.35. The molecule has 98 valence electrons. The molecule has 3 rings (SSSR count). The van der Waals surface area contributed by atoms with Crippen LogP contribution < -0.4 is 10.1 Å². The van der Waals surface area contributed by atoms with Gasteiger partial charge in [-0.25, -0.2) is 0 Å². The van der Waals surface area contributed by atoms with Crippen LogP contribution in [0.5, 0.6) is 5.75 Å². The Morgan fingerprint density at radius 2 is 1.94 bits per heavy atom. The molecule has 1 unspecified atom stereocenters. The van der Waals surface area contributed by atoms with Crippen LogP contribution in [0.25, 0.3) is 0 Å². The first kappa shape index (κ1) is 12.0. The lowest BCUT2D eigenvalue weighted by atomic mass is 9.84. The van der Waals surface area contributed by atoms with Crippen molar-refractivity contribution in [2.45, 2.75) is 57.6 Å². The summed E-state index contributed by atoms with van der Waals surface area (Å²) in [6.07, 6.45) is 6.20. The number of aryl methyl sites for hydroxylation is 2. The van der Waals surface area contributed by atoms with Gasteiger partial charge in [0, 0.05) is 18.0 Å². The Labute approximate surface area is 110 Å². The van der Waals surface area contributed by atoms with Gasteiger partial charge in [-0.15, -0.1) is 0 Å². The maximum atomic E-state index is 6.43. The van der Waals surface area contributed by atoms with Crippen LogP contribution in [0, 0.1) is 13.8 Å². The van der Waals surface area contributed by atoms with Crippen molar-refractivity contribution in [2.75, 3.05) is 7.05 Å². The van der Waals surface area contributed by atoms with E-state index in [0.717, 1.165) is 12.2 Å². The van der Waals surface area contributed by atoms with Gasteiger partial charge < -0.3 is 10.1 Å². The lowest BCUT2D eigenvalue weighted by molar-refractivity contribution is 0.0377.